The van der Waals surface area contributed by atoms with Gasteiger partial charge in [0.1, 0.15) is 0 Å². The Morgan fingerprint density at radius 1 is 0.398 bits per heavy atom. The molecule has 3 aromatic heterocycles. The van der Waals surface area contributed by atoms with E-state index in [1.165, 1.54) is 83.0 Å². The van der Waals surface area contributed by atoms with E-state index >= 15 is 0 Å². The summed E-state index contributed by atoms with van der Waals surface area (Å²) in [5, 5.41) is 20.0. The molecule has 3 saturated carbocycles. The van der Waals surface area contributed by atoms with Crippen LogP contribution >= 0.6 is 34.8 Å². The van der Waals surface area contributed by atoms with Crippen molar-refractivity contribution >= 4 is 139 Å². The van der Waals surface area contributed by atoms with E-state index in [9.17, 15) is 0 Å². The zero-order valence-electron chi connectivity index (χ0n) is 52.0. The van der Waals surface area contributed by atoms with Gasteiger partial charge >= 0.3 is 0 Å². The number of aromatic nitrogens is 3. The van der Waals surface area contributed by atoms with Gasteiger partial charge in [-0.15, -0.1) is 0 Å². The molecule has 0 amide bonds. The van der Waals surface area contributed by atoms with Crippen LogP contribution in [0.5, 0.6) is 0 Å². The second kappa shape index (κ2) is 65.3. The summed E-state index contributed by atoms with van der Waals surface area (Å²) in [5.41, 5.74) is 6.30. The molecule has 4 atom stereocenters. The largest absolute Gasteiger partial charge is 0.545 e. The van der Waals surface area contributed by atoms with Crippen LogP contribution in [0, 0.1) is 59.3 Å². The molecular formula is C65H90Cl3N9O8Re3-12. The van der Waals surface area contributed by atoms with Gasteiger partial charge in [0.2, 0.25) is 0 Å². The quantitative estimate of drug-likeness (QED) is 0.0401. The van der Waals surface area contributed by atoms with Crippen molar-refractivity contribution < 1.29 is 99.6 Å². The minimum atomic E-state index is 0. The SMILES string of the molecule is CN(C)CC1CCCC1CNCCNc1ccnc2cc(Cl)ccc12.CN(C)CC1CCCC1CNc1ccnc2cc(Cl)ccc12.Clc1ccc2c(NCC3CCCC3)ccnc2c1.[CH-]=O.[CH-]=O.[CH-]=O.[CH-]=O.[CH-]=O.[CH-]=O.[CH-]=O.[CH-]=O.[CH3-].[CH3-].[CH3-].[CH3-].[Re].[Re].[Re]. The van der Waals surface area contributed by atoms with E-state index in [2.05, 4.69) is 141 Å². The van der Waals surface area contributed by atoms with Crippen LogP contribution in [-0.4, -0.2) is 153 Å². The third-order valence-corrected chi connectivity index (χ3v) is 14.3. The number of halogens is 3. The molecule has 3 fully saturated rings. The number of carbonyl (C=O) groups excluding carboxylic acids is 8. The van der Waals surface area contributed by atoms with E-state index < -0.39 is 0 Å². The minimum absolute atomic E-state index is 0. The van der Waals surface area contributed by atoms with Crippen LogP contribution in [-0.2, 0) is 99.6 Å². The topological polar surface area (TPSA) is 230 Å². The van der Waals surface area contributed by atoms with Gasteiger partial charge in [-0.3, -0.25) is 69.3 Å². The summed E-state index contributed by atoms with van der Waals surface area (Å²) in [6.45, 7) is 33.5. The Morgan fingerprint density at radius 3 is 1.05 bits per heavy atom. The zero-order valence-corrected chi connectivity index (χ0v) is 62.4. The molecule has 3 radical (unpaired) electrons. The number of hydrogen-bond acceptors (Lipinski definition) is 17. The van der Waals surface area contributed by atoms with Crippen LogP contribution in [0.15, 0.2) is 91.4 Å². The van der Waals surface area contributed by atoms with E-state index in [-0.39, 0.29) is 91.0 Å². The van der Waals surface area contributed by atoms with Crippen LogP contribution in [0.2, 0.25) is 15.1 Å². The summed E-state index contributed by atoms with van der Waals surface area (Å²) >= 11 is 18.1. The summed E-state index contributed by atoms with van der Waals surface area (Å²) in [4.78, 5) is 79.8. The molecule has 0 aliphatic heterocycles. The summed E-state index contributed by atoms with van der Waals surface area (Å²) in [7, 11) is 8.70. The van der Waals surface area contributed by atoms with Gasteiger partial charge in [-0.1, -0.05) is 60.5 Å². The van der Waals surface area contributed by atoms with Crippen LogP contribution in [0.1, 0.15) is 64.2 Å². The molecule has 9 rings (SSSR count). The van der Waals surface area contributed by atoms with Crippen molar-refractivity contribution in [1.82, 2.24) is 30.1 Å². The van der Waals surface area contributed by atoms with Crippen molar-refractivity contribution in [1.29, 1.82) is 0 Å². The molecule has 23 heteroatoms. The molecule has 4 unspecified atom stereocenters. The van der Waals surface area contributed by atoms with E-state index in [1.807, 2.05) is 79.3 Å². The van der Waals surface area contributed by atoms with E-state index in [0.717, 1.165) is 121 Å². The predicted octanol–water partition coefficient (Wildman–Crippen LogP) is 12.2. The molecule has 4 N–H and O–H groups in total. The van der Waals surface area contributed by atoms with Crippen LogP contribution in [0.4, 0.5) is 17.1 Å². The van der Waals surface area contributed by atoms with Gasteiger partial charge in [-0.2, -0.15) is 0 Å². The summed E-state index contributed by atoms with van der Waals surface area (Å²) in [6.07, 6.45) is 19.2. The van der Waals surface area contributed by atoms with Crippen molar-refractivity contribution in [2.24, 2.45) is 29.6 Å². The van der Waals surface area contributed by atoms with Gasteiger partial charge in [0.15, 0.2) is 0 Å². The maximum Gasteiger partial charge on any atom is 0.0737 e. The first-order valence-electron chi connectivity index (χ1n) is 25.8. The number of benzene rings is 3. The third-order valence-electron chi connectivity index (χ3n) is 13.6. The fourth-order valence-corrected chi connectivity index (χ4v) is 10.8. The van der Waals surface area contributed by atoms with Crippen molar-refractivity contribution in [3.63, 3.8) is 0 Å². The maximum absolute atomic E-state index is 7.75. The van der Waals surface area contributed by atoms with Crippen molar-refractivity contribution in [3.05, 3.63) is 136 Å². The molecule has 17 nitrogen and oxygen atoms in total. The molecular weight excluding hydrogens is 1700 g/mol. The third kappa shape index (κ3) is 38.2. The summed E-state index contributed by atoms with van der Waals surface area (Å²) in [6, 6.07) is 23.8. The Bertz CT molecular complexity index is 2580. The Kier molecular flexibility index (Phi) is 76.0. The molecule has 0 saturated heterocycles. The van der Waals surface area contributed by atoms with Gasteiger partial charge < -0.3 is 99.1 Å². The Hall–Kier alpha value is -4.61. The van der Waals surface area contributed by atoms with Gasteiger partial charge in [0, 0.05) is 167 Å². The van der Waals surface area contributed by atoms with Gasteiger partial charge in [-0.05, 0) is 176 Å². The van der Waals surface area contributed by atoms with E-state index in [4.69, 9.17) is 73.2 Å². The number of hydrogen-bond donors (Lipinski definition) is 4. The van der Waals surface area contributed by atoms with Crippen molar-refractivity contribution in [2.45, 2.75) is 64.2 Å². The fourth-order valence-electron chi connectivity index (χ4n) is 10.3. The van der Waals surface area contributed by atoms with Crippen molar-refractivity contribution in [3.8, 4) is 0 Å². The van der Waals surface area contributed by atoms with Gasteiger partial charge in [0.25, 0.3) is 0 Å². The molecule has 3 aliphatic carbocycles. The van der Waals surface area contributed by atoms with E-state index in [1.54, 1.807) is 0 Å². The predicted molar refractivity (Wildman–Crippen MR) is 359 cm³/mol. The standard InChI is InChI=1S/C20H29ClN4.C18H24ClN3.C15H17ClN2.8CHO.4CH3.3Re/c1-25(2)14-16-5-3-4-15(16)13-22-10-11-24-19-8-9-23-20-12-17(21)6-7-18(19)20;1-22(2)12-14-5-3-4-13(14)11-21-17-8-9-20-18-10-15(19)6-7-16(17)18;16-12-5-6-13-14(7-8-17-15(13)9-12)18-10-11-3-1-2-4-11;8*1-2;;;;;;;/h6-9,12,15-16,22H,3-5,10-11,13-14H2,1-2H3,(H,23,24);6-10,13-14H,3-5,11-12H2,1-2H3,(H,20,21);5-9,11H,1-4,10H2,(H,17,18);8*1H;4*1H3;;;/q;;;12*-1;;;. The molecule has 0 spiro atoms. The average molecular weight is 1790 g/mol. The fraction of sp³-hybridized carbons (Fsp3) is 0.400. The number of nitrogens with zero attached hydrogens (tertiary/aromatic N) is 5. The average Bonchev–Trinajstić information content (AvgIpc) is 4.42. The van der Waals surface area contributed by atoms with Gasteiger partial charge in [0.05, 0.1) is 16.6 Å². The second-order valence-electron chi connectivity index (χ2n) is 19.0. The van der Waals surface area contributed by atoms with Crippen molar-refractivity contribution in [2.75, 3.05) is 90.0 Å². The normalized spacial score (nSPS) is 14.9. The van der Waals surface area contributed by atoms with Crippen LogP contribution in [0.25, 0.3) is 32.7 Å². The molecule has 3 aliphatic rings. The first kappa shape index (κ1) is 102. The summed E-state index contributed by atoms with van der Waals surface area (Å²) in [5.74, 6) is 4.08. The monoisotopic (exact) mass is 1790 g/mol. The Morgan fingerprint density at radius 2 is 0.705 bits per heavy atom. The Labute approximate surface area is 583 Å². The number of fused-ring (bicyclic) bond motifs is 3. The summed E-state index contributed by atoms with van der Waals surface area (Å²) < 4.78 is 0. The number of pyridine rings is 3. The molecule has 6 aromatic rings. The number of nitrogens with one attached hydrogen (secondary N) is 4. The van der Waals surface area contributed by atoms with Crippen LogP contribution < -0.4 is 21.3 Å². The second-order valence-corrected chi connectivity index (χ2v) is 20.3. The zero-order chi connectivity index (χ0) is 61.5. The minimum Gasteiger partial charge on any atom is -0.545 e. The molecule has 88 heavy (non-hydrogen) atoms. The maximum atomic E-state index is 7.75. The van der Waals surface area contributed by atoms with E-state index in [0.29, 0.717) is 0 Å². The first-order valence-corrected chi connectivity index (χ1v) is 27.0. The molecule has 3 aromatic carbocycles. The smallest absolute Gasteiger partial charge is 0.0737 e. The van der Waals surface area contributed by atoms with Crippen LogP contribution in [0.3, 0.4) is 0 Å². The number of anilines is 3. The number of rotatable bonds is 16. The van der Waals surface area contributed by atoms with Gasteiger partial charge in [-0.25, -0.2) is 0 Å². The molecule has 3 heterocycles. The molecule has 497 valence electrons. The molecule has 0 bridgehead atoms. The first-order chi connectivity index (χ1) is 39.6. The Balaban J connectivity index is -0.000000132.